The van der Waals surface area contributed by atoms with Gasteiger partial charge >= 0.3 is 0 Å². The van der Waals surface area contributed by atoms with Gasteiger partial charge in [-0.05, 0) is 43.3 Å². The van der Waals surface area contributed by atoms with Crippen molar-refractivity contribution < 1.29 is 0 Å². The Hall–Kier alpha value is -2.21. The van der Waals surface area contributed by atoms with Gasteiger partial charge in [-0.15, -0.1) is 5.10 Å². The van der Waals surface area contributed by atoms with Crippen LogP contribution in [0.5, 0.6) is 0 Å². The minimum Gasteiger partial charge on any atom is -0.369 e. The number of guanidine groups is 1. The van der Waals surface area contributed by atoms with Gasteiger partial charge in [-0.1, -0.05) is 34.8 Å². The van der Waals surface area contributed by atoms with Crippen molar-refractivity contribution in [1.82, 2.24) is 4.57 Å². The molecule has 4 N–H and O–H groups in total. The summed E-state index contributed by atoms with van der Waals surface area (Å²) in [5, 5.41) is 10.6. The second-order valence-electron chi connectivity index (χ2n) is 5.78. The van der Waals surface area contributed by atoms with Gasteiger partial charge < -0.3 is 16.0 Å². The molecule has 0 aliphatic rings. The first-order valence-corrected chi connectivity index (χ1v) is 8.80. The standard InChI is InChI=1S/C18H16Cl3N5/c1-9(24-25-18(22)23)16-13-7-10(19)4-6-15(13)26(2)17(16)12-5-3-11(20)8-14(12)21/h3-8H,1-2H3,(H4,22,23,25)/b24-9+. The van der Waals surface area contributed by atoms with Crippen LogP contribution < -0.4 is 11.5 Å². The zero-order chi connectivity index (χ0) is 19.0. The monoisotopic (exact) mass is 407 g/mol. The molecule has 5 nitrogen and oxygen atoms in total. The molecular formula is C18H16Cl3N5. The van der Waals surface area contributed by atoms with Gasteiger partial charge in [0.05, 0.1) is 16.4 Å². The number of hydrogen-bond acceptors (Lipinski definition) is 2. The number of rotatable bonds is 3. The summed E-state index contributed by atoms with van der Waals surface area (Å²) in [4.78, 5) is 0. The molecule has 0 bridgehead atoms. The van der Waals surface area contributed by atoms with E-state index in [9.17, 15) is 0 Å². The SMILES string of the molecule is C/C(=N\N=C(N)N)c1c(-c2ccc(Cl)cc2Cl)n(C)c2ccc(Cl)cc12. The molecular weight excluding hydrogens is 393 g/mol. The normalized spacial score (nSPS) is 11.8. The number of nitrogens with zero attached hydrogens (tertiary/aromatic N) is 3. The first kappa shape index (κ1) is 18.6. The van der Waals surface area contributed by atoms with Crippen LogP contribution in [0.15, 0.2) is 46.6 Å². The fourth-order valence-electron chi connectivity index (χ4n) is 2.96. The Morgan fingerprint density at radius 2 is 1.62 bits per heavy atom. The van der Waals surface area contributed by atoms with E-state index in [4.69, 9.17) is 46.3 Å². The molecule has 26 heavy (non-hydrogen) atoms. The van der Waals surface area contributed by atoms with Crippen molar-refractivity contribution >= 4 is 57.4 Å². The first-order chi connectivity index (χ1) is 12.3. The van der Waals surface area contributed by atoms with Gasteiger partial charge in [0.1, 0.15) is 0 Å². The molecule has 0 aliphatic heterocycles. The third kappa shape index (κ3) is 3.38. The molecule has 0 spiro atoms. The topological polar surface area (TPSA) is 81.7 Å². The quantitative estimate of drug-likeness (QED) is 0.370. The highest BCUT2D eigenvalue weighted by atomic mass is 35.5. The Labute approximate surface area is 165 Å². The van der Waals surface area contributed by atoms with Crippen LogP contribution in [0.3, 0.4) is 0 Å². The molecule has 0 fully saturated rings. The first-order valence-electron chi connectivity index (χ1n) is 7.66. The molecule has 0 amide bonds. The Balaban J connectivity index is 2.41. The van der Waals surface area contributed by atoms with Crippen LogP contribution in [-0.4, -0.2) is 16.2 Å². The molecule has 3 rings (SSSR count). The van der Waals surface area contributed by atoms with Crippen molar-refractivity contribution in [2.45, 2.75) is 6.92 Å². The molecule has 0 unspecified atom stereocenters. The number of hydrogen-bond donors (Lipinski definition) is 2. The van der Waals surface area contributed by atoms with Gasteiger partial charge in [0, 0.05) is 39.1 Å². The van der Waals surface area contributed by atoms with Gasteiger partial charge in [-0.3, -0.25) is 0 Å². The number of benzene rings is 2. The molecule has 8 heteroatoms. The predicted molar refractivity (Wildman–Crippen MR) is 111 cm³/mol. The highest BCUT2D eigenvalue weighted by Gasteiger charge is 2.21. The lowest BCUT2D eigenvalue weighted by molar-refractivity contribution is 0.977. The van der Waals surface area contributed by atoms with Crippen LogP contribution in [0.2, 0.25) is 15.1 Å². The summed E-state index contributed by atoms with van der Waals surface area (Å²) in [6.45, 7) is 1.83. The third-order valence-electron chi connectivity index (χ3n) is 4.03. The fourth-order valence-corrected chi connectivity index (χ4v) is 3.63. The lowest BCUT2D eigenvalue weighted by Crippen LogP contribution is -2.22. The molecule has 3 aromatic rings. The Bertz CT molecular complexity index is 1060. The summed E-state index contributed by atoms with van der Waals surface area (Å²) in [6, 6.07) is 11.0. The molecule has 2 aromatic carbocycles. The second-order valence-corrected chi connectivity index (χ2v) is 7.06. The highest BCUT2D eigenvalue weighted by Crippen LogP contribution is 2.38. The number of halogens is 3. The van der Waals surface area contributed by atoms with E-state index in [-0.39, 0.29) is 5.96 Å². The number of nitrogens with two attached hydrogens (primary N) is 2. The van der Waals surface area contributed by atoms with Crippen molar-refractivity contribution in [2.75, 3.05) is 0 Å². The van der Waals surface area contributed by atoms with Crippen LogP contribution in [0, 0.1) is 0 Å². The summed E-state index contributed by atoms with van der Waals surface area (Å²) >= 11 is 18.7. The van der Waals surface area contributed by atoms with Gasteiger partial charge in [0.2, 0.25) is 5.96 Å². The molecule has 0 aliphatic carbocycles. The second kappa shape index (κ2) is 7.19. The van der Waals surface area contributed by atoms with Crippen LogP contribution in [0.4, 0.5) is 0 Å². The molecule has 1 heterocycles. The molecule has 0 saturated heterocycles. The van der Waals surface area contributed by atoms with Crippen molar-refractivity contribution in [1.29, 1.82) is 0 Å². The molecule has 134 valence electrons. The zero-order valence-corrected chi connectivity index (χ0v) is 16.4. The maximum absolute atomic E-state index is 6.47. The average molecular weight is 409 g/mol. The van der Waals surface area contributed by atoms with Gasteiger partial charge in [-0.25, -0.2) is 0 Å². The van der Waals surface area contributed by atoms with Crippen molar-refractivity contribution in [3.63, 3.8) is 0 Å². The summed E-state index contributed by atoms with van der Waals surface area (Å²) in [6.07, 6.45) is 0. The third-order valence-corrected chi connectivity index (χ3v) is 4.81. The van der Waals surface area contributed by atoms with E-state index >= 15 is 0 Å². The molecule has 0 radical (unpaired) electrons. The van der Waals surface area contributed by atoms with Crippen molar-refractivity contribution in [3.05, 3.63) is 57.0 Å². The van der Waals surface area contributed by atoms with Gasteiger partial charge in [-0.2, -0.15) is 5.10 Å². The van der Waals surface area contributed by atoms with E-state index in [0.717, 1.165) is 27.7 Å². The molecule has 1 aromatic heterocycles. The van der Waals surface area contributed by atoms with E-state index in [1.807, 2.05) is 42.8 Å². The summed E-state index contributed by atoms with van der Waals surface area (Å²) in [5.74, 6) is -0.117. The van der Waals surface area contributed by atoms with Crippen molar-refractivity contribution in [2.24, 2.45) is 28.7 Å². The number of aromatic nitrogens is 1. The van der Waals surface area contributed by atoms with Crippen LogP contribution in [0.1, 0.15) is 12.5 Å². The van der Waals surface area contributed by atoms with E-state index in [0.29, 0.717) is 20.8 Å². The fraction of sp³-hybridized carbons (Fsp3) is 0.111. The average Bonchev–Trinajstić information content (AvgIpc) is 2.85. The Kier molecular flexibility index (Phi) is 5.14. The molecule has 0 saturated carbocycles. The van der Waals surface area contributed by atoms with E-state index in [2.05, 4.69) is 10.2 Å². The van der Waals surface area contributed by atoms with Gasteiger partial charge in [0.15, 0.2) is 0 Å². The maximum atomic E-state index is 6.47. The van der Waals surface area contributed by atoms with Crippen molar-refractivity contribution in [3.8, 4) is 11.3 Å². The lowest BCUT2D eigenvalue weighted by Gasteiger charge is -2.10. The summed E-state index contributed by atoms with van der Waals surface area (Å²) in [5.41, 5.74) is 15.0. The summed E-state index contributed by atoms with van der Waals surface area (Å²) < 4.78 is 2.03. The zero-order valence-electron chi connectivity index (χ0n) is 14.1. The molecule has 0 atom stereocenters. The number of fused-ring (bicyclic) bond motifs is 1. The Morgan fingerprint density at radius 3 is 2.27 bits per heavy atom. The van der Waals surface area contributed by atoms with Crippen LogP contribution >= 0.6 is 34.8 Å². The Morgan fingerprint density at radius 1 is 0.962 bits per heavy atom. The lowest BCUT2D eigenvalue weighted by atomic mass is 10.0. The smallest absolute Gasteiger partial charge is 0.211 e. The van der Waals surface area contributed by atoms with Gasteiger partial charge in [0.25, 0.3) is 0 Å². The highest BCUT2D eigenvalue weighted by molar-refractivity contribution is 6.37. The predicted octanol–water partition coefficient (Wildman–Crippen LogP) is 4.80. The minimum absolute atomic E-state index is 0.117. The largest absolute Gasteiger partial charge is 0.369 e. The maximum Gasteiger partial charge on any atom is 0.211 e. The van der Waals surface area contributed by atoms with E-state index in [1.165, 1.54) is 0 Å². The minimum atomic E-state index is -0.117. The van der Waals surface area contributed by atoms with E-state index < -0.39 is 0 Å². The summed E-state index contributed by atoms with van der Waals surface area (Å²) in [7, 11) is 1.95. The number of aryl methyl sites for hydroxylation is 1. The van der Waals surface area contributed by atoms with E-state index in [1.54, 1.807) is 12.1 Å². The van der Waals surface area contributed by atoms with Crippen LogP contribution in [-0.2, 0) is 7.05 Å². The van der Waals surface area contributed by atoms with Crippen LogP contribution in [0.25, 0.3) is 22.2 Å².